The Labute approximate surface area is 228 Å². The Balaban J connectivity index is 1.52. The van der Waals surface area contributed by atoms with E-state index >= 15 is 0 Å². The number of thiol groups is 1. The summed E-state index contributed by atoms with van der Waals surface area (Å²) < 4.78 is 16.2. The fourth-order valence-electron chi connectivity index (χ4n) is 3.87. The van der Waals surface area contributed by atoms with Crippen LogP contribution in [0.15, 0.2) is 41.1 Å². The van der Waals surface area contributed by atoms with Crippen molar-refractivity contribution in [2.45, 2.75) is 27.2 Å². The molecule has 0 radical (unpaired) electrons. The van der Waals surface area contributed by atoms with Gasteiger partial charge in [-0.3, -0.25) is 19.9 Å². The molecule has 0 bridgehead atoms. The first-order valence-corrected chi connectivity index (χ1v) is 13.2. The van der Waals surface area contributed by atoms with Crippen LogP contribution < -0.4 is 0 Å². The number of Topliss-reactive ketones (excluding diaryl/α,β-unsaturated/α-hetero) is 2. The number of benzene rings is 1. The first kappa shape index (κ1) is 30.0. The lowest BCUT2D eigenvalue weighted by molar-refractivity contribution is -0.249. The number of hydrogen-bond donors (Lipinski definition) is 3. The highest BCUT2D eigenvalue weighted by atomic mass is 32.1. The minimum absolute atomic E-state index is 0.0218. The summed E-state index contributed by atoms with van der Waals surface area (Å²) in [6.45, 7) is 8.70. The summed E-state index contributed by atoms with van der Waals surface area (Å²) in [6, 6.07) is 7.24. The third-order valence-corrected chi connectivity index (χ3v) is 6.80. The average molecular weight is 548 g/mol. The van der Waals surface area contributed by atoms with Crippen molar-refractivity contribution in [3.05, 3.63) is 47.3 Å². The topological polar surface area (TPSA) is 123 Å². The highest BCUT2D eigenvalue weighted by Gasteiger charge is 2.27. The zero-order valence-electron chi connectivity index (χ0n) is 22.2. The molecule has 0 amide bonds. The van der Waals surface area contributed by atoms with Crippen molar-refractivity contribution in [3.63, 3.8) is 0 Å². The fraction of sp³-hybridized carbons (Fsp3) is 0.519. The molecule has 3 rings (SSSR count). The van der Waals surface area contributed by atoms with Crippen LogP contribution in [-0.2, 0) is 19.1 Å². The van der Waals surface area contributed by atoms with Gasteiger partial charge in [0, 0.05) is 51.5 Å². The van der Waals surface area contributed by atoms with Crippen LogP contribution in [0.3, 0.4) is 0 Å². The van der Waals surface area contributed by atoms with Crippen LogP contribution in [0, 0.1) is 5.41 Å². The largest absolute Gasteiger partial charge is 0.377 e. The van der Waals surface area contributed by atoms with E-state index in [-0.39, 0.29) is 18.2 Å². The van der Waals surface area contributed by atoms with E-state index in [0.717, 1.165) is 16.6 Å². The number of nitrogens with zero attached hydrogens (tertiary/aromatic N) is 2. The number of aromatic nitrogens is 1. The highest BCUT2D eigenvalue weighted by molar-refractivity contribution is 7.80. The van der Waals surface area contributed by atoms with Crippen molar-refractivity contribution < 1.29 is 33.9 Å². The second-order valence-electron chi connectivity index (χ2n) is 9.69. The summed E-state index contributed by atoms with van der Waals surface area (Å²) in [5.41, 5.74) is 2.78. The summed E-state index contributed by atoms with van der Waals surface area (Å²) in [6.07, 6.45) is 2.23. The molecular formula is C27H37N3O7S. The Morgan fingerprint density at radius 1 is 1.05 bits per heavy atom. The lowest BCUT2D eigenvalue weighted by atomic mass is 9.86. The number of ether oxygens (including phenoxy) is 3. The number of ketones is 2. The number of aromatic amines is 1. The van der Waals surface area contributed by atoms with Gasteiger partial charge in [-0.2, -0.15) is 17.7 Å². The number of hydrazone groups is 1. The number of fused-ring (bicyclic) bond motifs is 1. The quantitative estimate of drug-likeness (QED) is 0.0893. The SMILES string of the molecule is CC1=NN(CCOCCOCCOCCOO)C=C(C(=O)c2cc3cc(C(=O)C(C)(C)CS)ccc3[nH]2)C1. The van der Waals surface area contributed by atoms with Crippen LogP contribution in [0.5, 0.6) is 0 Å². The Morgan fingerprint density at radius 2 is 1.71 bits per heavy atom. The van der Waals surface area contributed by atoms with Crippen molar-refractivity contribution in [2.24, 2.45) is 10.5 Å². The maximum atomic E-state index is 13.3. The van der Waals surface area contributed by atoms with Gasteiger partial charge in [0.1, 0.15) is 6.61 Å². The second kappa shape index (κ2) is 14.6. The molecule has 1 aliphatic heterocycles. The van der Waals surface area contributed by atoms with Gasteiger partial charge in [0.05, 0.1) is 51.9 Å². The van der Waals surface area contributed by atoms with E-state index in [4.69, 9.17) is 19.5 Å². The molecule has 1 aromatic carbocycles. The fourth-order valence-corrected chi connectivity index (χ4v) is 4.01. The molecule has 208 valence electrons. The Bertz CT molecular complexity index is 1160. The van der Waals surface area contributed by atoms with E-state index in [9.17, 15) is 9.59 Å². The molecule has 0 saturated heterocycles. The molecule has 0 fully saturated rings. The predicted molar refractivity (Wildman–Crippen MR) is 148 cm³/mol. The minimum Gasteiger partial charge on any atom is -0.377 e. The number of hydrogen-bond acceptors (Lipinski definition) is 10. The second-order valence-corrected chi connectivity index (χ2v) is 10.0. The van der Waals surface area contributed by atoms with Crippen molar-refractivity contribution >= 4 is 40.8 Å². The monoisotopic (exact) mass is 547 g/mol. The Kier molecular flexibility index (Phi) is 11.5. The van der Waals surface area contributed by atoms with Gasteiger partial charge in [-0.25, -0.2) is 4.89 Å². The standard InChI is InChI=1S/C27H37N3O7S/c1-19-14-22(17-30(29-19)6-7-34-8-9-35-10-11-36-12-13-37-33)25(31)24-16-21-15-20(4-5-23(21)28-24)26(32)27(2,3)18-38/h4-5,15-17,28,33,38H,6-14,18H2,1-3H3. The smallest absolute Gasteiger partial charge is 0.207 e. The number of allylic oxidation sites excluding steroid dienone is 1. The Morgan fingerprint density at radius 3 is 2.37 bits per heavy atom. The van der Waals surface area contributed by atoms with Crippen LogP contribution in [0.2, 0.25) is 0 Å². The molecule has 0 aliphatic carbocycles. The van der Waals surface area contributed by atoms with Crippen LogP contribution in [0.4, 0.5) is 0 Å². The maximum absolute atomic E-state index is 13.3. The molecular weight excluding hydrogens is 510 g/mol. The summed E-state index contributed by atoms with van der Waals surface area (Å²) in [5, 5.41) is 15.2. The third-order valence-electron chi connectivity index (χ3n) is 6.01. The lowest BCUT2D eigenvalue weighted by Crippen LogP contribution is -2.26. The number of carbonyl (C=O) groups excluding carboxylic acids is 2. The molecule has 0 spiro atoms. The Hall–Kier alpha value is -2.54. The molecule has 38 heavy (non-hydrogen) atoms. The molecule has 0 unspecified atom stereocenters. The van der Waals surface area contributed by atoms with Crippen LogP contribution in [0.1, 0.15) is 48.0 Å². The van der Waals surface area contributed by atoms with Crippen LogP contribution in [0.25, 0.3) is 10.9 Å². The molecule has 10 nitrogen and oxygen atoms in total. The third kappa shape index (κ3) is 8.48. The van der Waals surface area contributed by atoms with Gasteiger partial charge in [-0.15, -0.1) is 0 Å². The lowest BCUT2D eigenvalue weighted by Gasteiger charge is -2.22. The van der Waals surface area contributed by atoms with Crippen molar-refractivity contribution in [2.75, 3.05) is 58.5 Å². The average Bonchev–Trinajstić information content (AvgIpc) is 3.34. The van der Waals surface area contributed by atoms with Gasteiger partial charge in [0.25, 0.3) is 0 Å². The first-order chi connectivity index (χ1) is 18.2. The number of carbonyl (C=O) groups is 2. The van der Waals surface area contributed by atoms with Gasteiger partial charge in [0.15, 0.2) is 5.78 Å². The molecule has 0 atom stereocenters. The van der Waals surface area contributed by atoms with Gasteiger partial charge in [-0.1, -0.05) is 13.8 Å². The molecule has 2 N–H and O–H groups in total. The van der Waals surface area contributed by atoms with Gasteiger partial charge >= 0.3 is 0 Å². The zero-order valence-corrected chi connectivity index (χ0v) is 23.1. The van der Waals surface area contributed by atoms with Gasteiger partial charge in [-0.05, 0) is 31.2 Å². The van der Waals surface area contributed by atoms with Crippen molar-refractivity contribution in [1.82, 2.24) is 9.99 Å². The van der Waals surface area contributed by atoms with Gasteiger partial charge < -0.3 is 19.2 Å². The van der Waals surface area contributed by atoms with E-state index in [1.807, 2.05) is 32.9 Å². The van der Waals surface area contributed by atoms with Crippen molar-refractivity contribution in [3.8, 4) is 0 Å². The van der Waals surface area contributed by atoms with E-state index < -0.39 is 5.41 Å². The molecule has 1 aromatic heterocycles. The molecule has 2 aromatic rings. The van der Waals surface area contributed by atoms with E-state index in [2.05, 4.69) is 27.6 Å². The van der Waals surface area contributed by atoms with Crippen LogP contribution >= 0.6 is 12.6 Å². The number of rotatable bonds is 17. The predicted octanol–water partition coefficient (Wildman–Crippen LogP) is 3.99. The van der Waals surface area contributed by atoms with E-state index in [1.54, 1.807) is 23.3 Å². The number of nitrogens with one attached hydrogen (secondary N) is 1. The molecule has 11 heteroatoms. The first-order valence-electron chi connectivity index (χ1n) is 12.6. The van der Waals surface area contributed by atoms with E-state index in [1.165, 1.54) is 0 Å². The summed E-state index contributed by atoms with van der Waals surface area (Å²) in [4.78, 5) is 33.2. The minimum atomic E-state index is -0.568. The molecule has 1 aliphatic rings. The van der Waals surface area contributed by atoms with E-state index in [0.29, 0.717) is 75.2 Å². The normalized spacial score (nSPS) is 14.1. The van der Waals surface area contributed by atoms with Crippen LogP contribution in [-0.4, -0.2) is 91.1 Å². The summed E-state index contributed by atoms with van der Waals surface area (Å²) in [5.74, 6) is 0.365. The molecule has 0 saturated carbocycles. The molecule has 2 heterocycles. The maximum Gasteiger partial charge on any atom is 0.207 e. The van der Waals surface area contributed by atoms with Gasteiger partial charge in [0.2, 0.25) is 5.78 Å². The zero-order chi connectivity index (χ0) is 27.5. The highest BCUT2D eigenvalue weighted by Crippen LogP contribution is 2.27. The van der Waals surface area contributed by atoms with Crippen molar-refractivity contribution in [1.29, 1.82) is 0 Å². The summed E-state index contributed by atoms with van der Waals surface area (Å²) >= 11 is 4.31. The summed E-state index contributed by atoms with van der Waals surface area (Å²) in [7, 11) is 0. The number of H-pyrrole nitrogens is 1.